The van der Waals surface area contributed by atoms with Gasteiger partial charge in [-0.05, 0) is 19.7 Å². The van der Waals surface area contributed by atoms with Crippen LogP contribution in [0, 0.1) is 0 Å². The van der Waals surface area contributed by atoms with Crippen LogP contribution < -0.4 is 16.4 Å². The number of hydrogen-bond acceptors (Lipinski definition) is 3. The Hall–Kier alpha value is -1.39. The Kier molecular flexibility index (Phi) is 18.4. The molecule has 1 aromatic rings. The van der Waals surface area contributed by atoms with Gasteiger partial charge in [-0.25, -0.2) is 0 Å². The second kappa shape index (κ2) is 17.6. The van der Waals surface area contributed by atoms with Crippen molar-refractivity contribution >= 4 is 5.91 Å². The number of benzene rings is 1. The molecule has 1 rings (SSSR count). The van der Waals surface area contributed by atoms with Crippen LogP contribution in [0.1, 0.15) is 38.7 Å². The zero-order chi connectivity index (χ0) is 15.6. The number of unbranched alkanes of at least 4 members (excludes halogenated alkanes) is 2. The van der Waals surface area contributed by atoms with Gasteiger partial charge in [0.25, 0.3) is 0 Å². The quantitative estimate of drug-likeness (QED) is 0.749. The molecule has 0 atom stereocenters. The summed E-state index contributed by atoms with van der Waals surface area (Å²) in [4.78, 5) is 11.0. The Morgan fingerprint density at radius 3 is 2.05 bits per heavy atom. The van der Waals surface area contributed by atoms with Crippen molar-refractivity contribution in [1.82, 2.24) is 10.6 Å². The SMILES string of the molecule is CCCCC.CN.CNCC(=O)NCc1ccccc1. The van der Waals surface area contributed by atoms with Gasteiger partial charge in [-0.1, -0.05) is 63.4 Å². The Labute approximate surface area is 124 Å². The van der Waals surface area contributed by atoms with Crippen LogP contribution >= 0.6 is 0 Å². The molecule has 0 fully saturated rings. The van der Waals surface area contributed by atoms with Crippen molar-refractivity contribution in [2.75, 3.05) is 20.6 Å². The van der Waals surface area contributed by atoms with E-state index in [4.69, 9.17) is 0 Å². The van der Waals surface area contributed by atoms with E-state index in [9.17, 15) is 4.79 Å². The number of nitrogens with one attached hydrogen (secondary N) is 2. The topological polar surface area (TPSA) is 67.1 Å². The molecule has 4 N–H and O–H groups in total. The minimum absolute atomic E-state index is 0.0198. The standard InChI is InChI=1S/C10H14N2O.C5H12.CH5N/c1-11-8-10(13)12-7-9-5-3-2-4-6-9;1-3-5-4-2;1-2/h2-6,11H,7-8H2,1H3,(H,12,13);3-5H2,1-2H3;2H2,1H3. The van der Waals surface area contributed by atoms with E-state index in [1.54, 1.807) is 7.05 Å². The first kappa shape index (κ1) is 20.9. The normalized spacial score (nSPS) is 8.65. The molecule has 0 aliphatic rings. The molecule has 1 amide bonds. The third-order valence-corrected chi connectivity index (χ3v) is 2.38. The van der Waals surface area contributed by atoms with Crippen molar-refractivity contribution in [1.29, 1.82) is 0 Å². The molecular formula is C16H31N3O. The van der Waals surface area contributed by atoms with E-state index in [0.717, 1.165) is 5.56 Å². The molecule has 116 valence electrons. The zero-order valence-electron chi connectivity index (χ0n) is 13.4. The third-order valence-electron chi connectivity index (χ3n) is 2.38. The number of amides is 1. The van der Waals surface area contributed by atoms with Crippen molar-refractivity contribution < 1.29 is 4.79 Å². The van der Waals surface area contributed by atoms with Gasteiger partial charge < -0.3 is 16.4 Å². The second-order valence-corrected chi connectivity index (χ2v) is 4.15. The van der Waals surface area contributed by atoms with Gasteiger partial charge in [0.15, 0.2) is 0 Å². The summed E-state index contributed by atoms with van der Waals surface area (Å²) in [6.45, 7) is 5.39. The number of carbonyl (C=O) groups is 1. The van der Waals surface area contributed by atoms with Crippen LogP contribution in [0.2, 0.25) is 0 Å². The fourth-order valence-corrected chi connectivity index (χ4v) is 1.37. The van der Waals surface area contributed by atoms with Crippen molar-refractivity contribution in [3.05, 3.63) is 35.9 Å². The molecule has 0 radical (unpaired) electrons. The molecule has 0 heterocycles. The summed E-state index contributed by atoms with van der Waals surface area (Å²) in [6.07, 6.45) is 4.08. The minimum Gasteiger partial charge on any atom is -0.351 e. The molecule has 1 aromatic carbocycles. The lowest BCUT2D eigenvalue weighted by Crippen LogP contribution is -2.31. The maximum absolute atomic E-state index is 11.0. The number of nitrogens with two attached hydrogens (primary N) is 1. The van der Waals surface area contributed by atoms with Crippen LogP contribution in [0.3, 0.4) is 0 Å². The van der Waals surface area contributed by atoms with E-state index in [0.29, 0.717) is 13.1 Å². The van der Waals surface area contributed by atoms with E-state index in [2.05, 4.69) is 30.2 Å². The van der Waals surface area contributed by atoms with Crippen molar-refractivity contribution in [2.45, 2.75) is 39.7 Å². The number of hydrogen-bond donors (Lipinski definition) is 3. The fourth-order valence-electron chi connectivity index (χ4n) is 1.37. The largest absolute Gasteiger partial charge is 0.351 e. The minimum atomic E-state index is 0.0198. The predicted molar refractivity (Wildman–Crippen MR) is 87.5 cm³/mol. The Morgan fingerprint density at radius 2 is 1.65 bits per heavy atom. The van der Waals surface area contributed by atoms with Crippen LogP contribution in [0.5, 0.6) is 0 Å². The monoisotopic (exact) mass is 281 g/mol. The van der Waals surface area contributed by atoms with E-state index in [-0.39, 0.29) is 5.91 Å². The molecule has 0 bridgehead atoms. The first-order valence-corrected chi connectivity index (χ1v) is 7.27. The van der Waals surface area contributed by atoms with E-state index in [1.165, 1.54) is 26.3 Å². The lowest BCUT2D eigenvalue weighted by Gasteiger charge is -2.03. The highest BCUT2D eigenvalue weighted by Gasteiger charge is 1.97. The van der Waals surface area contributed by atoms with Crippen LogP contribution in [0.4, 0.5) is 0 Å². The van der Waals surface area contributed by atoms with Crippen molar-refractivity contribution in [3.63, 3.8) is 0 Å². The maximum Gasteiger partial charge on any atom is 0.234 e. The molecule has 0 spiro atoms. The first-order chi connectivity index (χ1) is 9.74. The third kappa shape index (κ3) is 14.7. The average Bonchev–Trinajstić information content (AvgIpc) is 2.50. The molecule has 0 saturated carbocycles. The summed E-state index contributed by atoms with van der Waals surface area (Å²) in [5.41, 5.74) is 5.62. The number of carbonyl (C=O) groups excluding carboxylic acids is 1. The Balaban J connectivity index is 0. The van der Waals surface area contributed by atoms with Crippen LogP contribution in [-0.4, -0.2) is 26.5 Å². The van der Waals surface area contributed by atoms with Gasteiger partial charge in [0.1, 0.15) is 0 Å². The van der Waals surface area contributed by atoms with Gasteiger partial charge in [0.05, 0.1) is 6.54 Å². The summed E-state index contributed by atoms with van der Waals surface area (Å²) < 4.78 is 0. The molecule has 0 saturated heterocycles. The summed E-state index contributed by atoms with van der Waals surface area (Å²) in [5.74, 6) is 0.0198. The van der Waals surface area contributed by atoms with Crippen LogP contribution in [0.25, 0.3) is 0 Å². The smallest absolute Gasteiger partial charge is 0.234 e. The Bertz CT molecular complexity index is 300. The lowest BCUT2D eigenvalue weighted by molar-refractivity contribution is -0.120. The van der Waals surface area contributed by atoms with Gasteiger partial charge in [-0.2, -0.15) is 0 Å². The predicted octanol–water partition coefficient (Wildman–Crippen LogP) is 2.29. The molecule has 20 heavy (non-hydrogen) atoms. The highest BCUT2D eigenvalue weighted by atomic mass is 16.1. The van der Waals surface area contributed by atoms with E-state index in [1.807, 2.05) is 30.3 Å². The van der Waals surface area contributed by atoms with E-state index < -0.39 is 0 Å². The van der Waals surface area contributed by atoms with Gasteiger partial charge in [-0.15, -0.1) is 0 Å². The van der Waals surface area contributed by atoms with Crippen LogP contribution in [0.15, 0.2) is 30.3 Å². The molecular weight excluding hydrogens is 250 g/mol. The molecule has 4 heteroatoms. The average molecular weight is 281 g/mol. The Morgan fingerprint density at radius 1 is 1.10 bits per heavy atom. The fraction of sp³-hybridized carbons (Fsp3) is 0.562. The highest BCUT2D eigenvalue weighted by molar-refractivity contribution is 5.77. The van der Waals surface area contributed by atoms with Gasteiger partial charge in [0, 0.05) is 6.54 Å². The van der Waals surface area contributed by atoms with Gasteiger partial charge in [0.2, 0.25) is 5.91 Å². The molecule has 4 nitrogen and oxygen atoms in total. The maximum atomic E-state index is 11.0. The number of rotatable bonds is 6. The summed E-state index contributed by atoms with van der Waals surface area (Å²) in [6, 6.07) is 9.84. The summed E-state index contributed by atoms with van der Waals surface area (Å²) in [5, 5.41) is 5.59. The van der Waals surface area contributed by atoms with Crippen molar-refractivity contribution in [2.24, 2.45) is 5.73 Å². The zero-order valence-corrected chi connectivity index (χ0v) is 13.4. The molecule has 0 unspecified atom stereocenters. The van der Waals surface area contributed by atoms with Crippen LogP contribution in [-0.2, 0) is 11.3 Å². The lowest BCUT2D eigenvalue weighted by atomic mass is 10.2. The summed E-state index contributed by atoms with van der Waals surface area (Å²) >= 11 is 0. The van der Waals surface area contributed by atoms with E-state index >= 15 is 0 Å². The molecule has 0 aliphatic heterocycles. The summed E-state index contributed by atoms with van der Waals surface area (Å²) in [7, 11) is 3.25. The second-order valence-electron chi connectivity index (χ2n) is 4.15. The highest BCUT2D eigenvalue weighted by Crippen LogP contribution is 1.96. The molecule has 0 aliphatic carbocycles. The van der Waals surface area contributed by atoms with Gasteiger partial charge in [-0.3, -0.25) is 4.79 Å². The molecule has 0 aromatic heterocycles. The van der Waals surface area contributed by atoms with Crippen molar-refractivity contribution in [3.8, 4) is 0 Å². The number of likely N-dealkylation sites (N-methyl/N-ethyl adjacent to an activating group) is 1. The van der Waals surface area contributed by atoms with Gasteiger partial charge >= 0.3 is 0 Å². The first-order valence-electron chi connectivity index (χ1n) is 7.27.